The van der Waals surface area contributed by atoms with Gasteiger partial charge in [0.1, 0.15) is 0 Å². The van der Waals surface area contributed by atoms with Crippen molar-refractivity contribution < 1.29 is 4.79 Å². The molecule has 1 aliphatic heterocycles. The number of likely N-dealkylation sites (tertiary alicyclic amines) is 1. The number of hydrogen-bond donors (Lipinski definition) is 1. The maximum Gasteiger partial charge on any atom is 0.222 e. The predicted octanol–water partition coefficient (Wildman–Crippen LogP) is 3.26. The molecule has 2 atom stereocenters. The minimum atomic E-state index is 0.109. The van der Waals surface area contributed by atoms with Gasteiger partial charge in [-0.15, -0.1) is 0 Å². The van der Waals surface area contributed by atoms with Crippen molar-refractivity contribution in [2.24, 2.45) is 0 Å². The molecule has 0 spiro atoms. The number of carbonyl (C=O) groups is 1. The minimum absolute atomic E-state index is 0.109. The lowest BCUT2D eigenvalue weighted by atomic mass is 10.0. The molecular weight excluding hydrogens is 283 g/mol. The van der Waals surface area contributed by atoms with Crippen molar-refractivity contribution in [2.45, 2.75) is 31.8 Å². The number of amides is 1. The standard InChI is InChI=1S/C14H18Cl2N2O/c1-9(11-4-3-5-12(15)14(11)16)17-10-6-7-13(19)18(2)8-10/h3-5,9-10,17H,6-8H2,1-2H3/t9-,10-/m0/s1. The van der Waals surface area contributed by atoms with Gasteiger partial charge in [0.25, 0.3) is 0 Å². The first-order valence-corrected chi connectivity index (χ1v) is 7.18. The van der Waals surface area contributed by atoms with Crippen LogP contribution in [-0.4, -0.2) is 30.4 Å². The number of rotatable bonds is 3. The zero-order valence-corrected chi connectivity index (χ0v) is 12.6. The zero-order valence-electron chi connectivity index (χ0n) is 11.1. The Kier molecular flexibility index (Phi) is 4.71. The monoisotopic (exact) mass is 300 g/mol. The molecule has 0 saturated carbocycles. The summed E-state index contributed by atoms with van der Waals surface area (Å²) in [5.74, 6) is 0.214. The maximum absolute atomic E-state index is 11.5. The van der Waals surface area contributed by atoms with Crippen LogP contribution in [0.25, 0.3) is 0 Å². The summed E-state index contributed by atoms with van der Waals surface area (Å²) in [6.45, 7) is 2.80. The summed E-state index contributed by atoms with van der Waals surface area (Å²) in [5.41, 5.74) is 0.994. The van der Waals surface area contributed by atoms with E-state index in [0.29, 0.717) is 22.5 Å². The van der Waals surface area contributed by atoms with E-state index >= 15 is 0 Å². The van der Waals surface area contributed by atoms with Gasteiger partial charge < -0.3 is 10.2 Å². The molecule has 1 amide bonds. The van der Waals surface area contributed by atoms with Crippen molar-refractivity contribution in [2.75, 3.05) is 13.6 Å². The number of nitrogens with one attached hydrogen (secondary N) is 1. The van der Waals surface area contributed by atoms with Crippen LogP contribution in [0.2, 0.25) is 10.0 Å². The van der Waals surface area contributed by atoms with Crippen molar-refractivity contribution in [3.63, 3.8) is 0 Å². The first kappa shape index (κ1) is 14.6. The number of likely N-dealkylation sites (N-methyl/N-ethyl adjacent to an activating group) is 1. The fourth-order valence-corrected chi connectivity index (χ4v) is 2.92. The third-order valence-corrected chi connectivity index (χ3v) is 4.39. The van der Waals surface area contributed by atoms with Crippen LogP contribution in [0.4, 0.5) is 0 Å². The van der Waals surface area contributed by atoms with E-state index in [4.69, 9.17) is 23.2 Å². The van der Waals surface area contributed by atoms with Gasteiger partial charge in [0.2, 0.25) is 5.91 Å². The SMILES string of the molecule is C[C@H](N[C@H]1CCC(=O)N(C)C1)c1cccc(Cl)c1Cl. The second-order valence-electron chi connectivity index (χ2n) is 5.04. The molecule has 1 N–H and O–H groups in total. The van der Waals surface area contributed by atoms with Crippen molar-refractivity contribution in [3.05, 3.63) is 33.8 Å². The molecule has 0 bridgehead atoms. The molecule has 0 radical (unpaired) electrons. The minimum Gasteiger partial charge on any atom is -0.344 e. The molecule has 3 nitrogen and oxygen atoms in total. The number of nitrogens with zero attached hydrogens (tertiary/aromatic N) is 1. The van der Waals surface area contributed by atoms with Crippen LogP contribution in [0.5, 0.6) is 0 Å². The molecule has 19 heavy (non-hydrogen) atoms. The summed E-state index contributed by atoms with van der Waals surface area (Å²) in [7, 11) is 1.84. The van der Waals surface area contributed by atoms with Crippen molar-refractivity contribution in [1.29, 1.82) is 0 Å². The first-order chi connectivity index (χ1) is 8.99. The zero-order chi connectivity index (χ0) is 14.0. The highest BCUT2D eigenvalue weighted by Gasteiger charge is 2.24. The normalized spacial score (nSPS) is 21.6. The molecule has 0 unspecified atom stereocenters. The Labute approximate surface area is 123 Å². The summed E-state index contributed by atoms with van der Waals surface area (Å²) in [4.78, 5) is 13.2. The Balaban J connectivity index is 2.03. The van der Waals surface area contributed by atoms with E-state index in [-0.39, 0.29) is 11.9 Å². The topological polar surface area (TPSA) is 32.3 Å². The van der Waals surface area contributed by atoms with E-state index in [1.165, 1.54) is 0 Å². The lowest BCUT2D eigenvalue weighted by Crippen LogP contribution is -2.47. The molecule has 1 aromatic rings. The first-order valence-electron chi connectivity index (χ1n) is 6.43. The van der Waals surface area contributed by atoms with Gasteiger partial charge in [-0.05, 0) is 25.0 Å². The van der Waals surface area contributed by atoms with Crippen molar-refractivity contribution in [1.82, 2.24) is 10.2 Å². The van der Waals surface area contributed by atoms with Crippen molar-refractivity contribution >= 4 is 29.1 Å². The Morgan fingerprint density at radius 2 is 2.16 bits per heavy atom. The van der Waals surface area contributed by atoms with Crippen molar-refractivity contribution in [3.8, 4) is 0 Å². The number of piperidine rings is 1. The lowest BCUT2D eigenvalue weighted by molar-refractivity contribution is -0.132. The highest BCUT2D eigenvalue weighted by Crippen LogP contribution is 2.30. The third-order valence-electron chi connectivity index (χ3n) is 3.56. The quantitative estimate of drug-likeness (QED) is 0.929. The van der Waals surface area contributed by atoms with Gasteiger partial charge in [-0.1, -0.05) is 35.3 Å². The number of halogens is 2. The van der Waals surface area contributed by atoms with Crippen LogP contribution < -0.4 is 5.32 Å². The van der Waals surface area contributed by atoms with Gasteiger partial charge in [-0.3, -0.25) is 4.79 Å². The number of benzene rings is 1. The second-order valence-corrected chi connectivity index (χ2v) is 5.83. The fourth-order valence-electron chi connectivity index (χ4n) is 2.45. The average molecular weight is 301 g/mol. The molecule has 0 aromatic heterocycles. The smallest absolute Gasteiger partial charge is 0.222 e. The van der Waals surface area contributed by atoms with E-state index in [1.54, 1.807) is 11.0 Å². The Morgan fingerprint density at radius 1 is 1.42 bits per heavy atom. The van der Waals surface area contributed by atoms with E-state index in [2.05, 4.69) is 12.2 Å². The van der Waals surface area contributed by atoms with Gasteiger partial charge in [-0.25, -0.2) is 0 Å². The van der Waals surface area contributed by atoms with Gasteiger partial charge >= 0.3 is 0 Å². The molecule has 104 valence electrons. The average Bonchev–Trinajstić information content (AvgIpc) is 2.37. The summed E-state index contributed by atoms with van der Waals surface area (Å²) >= 11 is 12.3. The Hall–Kier alpha value is -0.770. The summed E-state index contributed by atoms with van der Waals surface area (Å²) in [6.07, 6.45) is 1.47. The molecule has 2 rings (SSSR count). The van der Waals surface area contributed by atoms with Crippen LogP contribution in [0, 0.1) is 0 Å². The van der Waals surface area contributed by atoms with Crippen LogP contribution in [0.3, 0.4) is 0 Å². The van der Waals surface area contributed by atoms with Gasteiger partial charge in [0.15, 0.2) is 0 Å². The highest BCUT2D eigenvalue weighted by atomic mass is 35.5. The maximum atomic E-state index is 11.5. The second kappa shape index (κ2) is 6.12. The third kappa shape index (κ3) is 3.41. The van der Waals surface area contributed by atoms with Gasteiger partial charge in [-0.2, -0.15) is 0 Å². The lowest BCUT2D eigenvalue weighted by Gasteiger charge is -2.32. The summed E-state index contributed by atoms with van der Waals surface area (Å²) < 4.78 is 0. The highest BCUT2D eigenvalue weighted by molar-refractivity contribution is 6.42. The summed E-state index contributed by atoms with van der Waals surface area (Å²) in [5, 5.41) is 4.69. The van der Waals surface area contributed by atoms with E-state index in [1.807, 2.05) is 19.2 Å². The molecule has 1 aliphatic rings. The Morgan fingerprint density at radius 3 is 2.84 bits per heavy atom. The Bertz CT molecular complexity index is 479. The molecule has 0 aliphatic carbocycles. The molecule has 1 saturated heterocycles. The number of carbonyl (C=O) groups excluding carboxylic acids is 1. The van der Waals surface area contributed by atoms with Gasteiger partial charge in [0.05, 0.1) is 10.0 Å². The largest absolute Gasteiger partial charge is 0.344 e. The van der Waals surface area contributed by atoms with Crippen LogP contribution in [0.1, 0.15) is 31.4 Å². The van der Waals surface area contributed by atoms with E-state index in [0.717, 1.165) is 18.5 Å². The molecule has 5 heteroatoms. The predicted molar refractivity (Wildman–Crippen MR) is 78.7 cm³/mol. The molecular formula is C14H18Cl2N2O. The number of hydrogen-bond acceptors (Lipinski definition) is 2. The molecule has 1 aromatic carbocycles. The van der Waals surface area contributed by atoms with Crippen LogP contribution >= 0.6 is 23.2 Å². The summed E-state index contributed by atoms with van der Waals surface area (Å²) in [6, 6.07) is 6.07. The van der Waals surface area contributed by atoms with E-state index in [9.17, 15) is 4.79 Å². The van der Waals surface area contributed by atoms with E-state index < -0.39 is 0 Å². The molecule has 1 fully saturated rings. The fraction of sp³-hybridized carbons (Fsp3) is 0.500. The molecule has 1 heterocycles. The van der Waals surface area contributed by atoms with Gasteiger partial charge in [0, 0.05) is 32.1 Å². The van der Waals surface area contributed by atoms with Crippen LogP contribution in [-0.2, 0) is 4.79 Å². The van der Waals surface area contributed by atoms with Crippen LogP contribution in [0.15, 0.2) is 18.2 Å².